The summed E-state index contributed by atoms with van der Waals surface area (Å²) in [6.45, 7) is 6.78. The molecule has 0 aliphatic heterocycles. The second-order valence-corrected chi connectivity index (χ2v) is 7.50. The molecule has 4 nitrogen and oxygen atoms in total. The van der Waals surface area contributed by atoms with E-state index in [0.29, 0.717) is 25.7 Å². The van der Waals surface area contributed by atoms with Crippen molar-refractivity contribution in [2.24, 2.45) is 5.92 Å². The number of hydrogen-bond acceptors (Lipinski definition) is 4. The van der Waals surface area contributed by atoms with E-state index >= 15 is 0 Å². The molecule has 0 saturated carbocycles. The SMILES string of the molecule is CC(C)CCOc1ccccc1CNc1ccccc1OCCOc1ccccc1. The molecule has 30 heavy (non-hydrogen) atoms. The third-order valence-corrected chi connectivity index (χ3v) is 4.63. The minimum absolute atomic E-state index is 0.475. The maximum Gasteiger partial charge on any atom is 0.142 e. The highest BCUT2D eigenvalue weighted by atomic mass is 16.5. The van der Waals surface area contributed by atoms with E-state index in [4.69, 9.17) is 14.2 Å². The maximum atomic E-state index is 6.00. The fourth-order valence-corrected chi connectivity index (χ4v) is 2.95. The third kappa shape index (κ3) is 7.03. The van der Waals surface area contributed by atoms with Crippen molar-refractivity contribution < 1.29 is 14.2 Å². The monoisotopic (exact) mass is 405 g/mol. The summed E-state index contributed by atoms with van der Waals surface area (Å²) in [7, 11) is 0. The molecule has 0 atom stereocenters. The average molecular weight is 406 g/mol. The Morgan fingerprint density at radius 2 is 1.30 bits per heavy atom. The zero-order chi connectivity index (χ0) is 21.0. The predicted molar refractivity (Wildman–Crippen MR) is 123 cm³/mol. The number of rotatable bonds is 12. The molecule has 0 bridgehead atoms. The molecular formula is C26H31NO3. The van der Waals surface area contributed by atoms with Crippen LogP contribution in [0, 0.1) is 5.92 Å². The lowest BCUT2D eigenvalue weighted by Crippen LogP contribution is -2.11. The normalized spacial score (nSPS) is 10.6. The first-order chi connectivity index (χ1) is 14.7. The zero-order valence-corrected chi connectivity index (χ0v) is 17.8. The Bertz CT molecular complexity index is 880. The summed E-state index contributed by atoms with van der Waals surface area (Å²) >= 11 is 0. The largest absolute Gasteiger partial charge is 0.493 e. The number of hydrogen-bond donors (Lipinski definition) is 1. The fourth-order valence-electron chi connectivity index (χ4n) is 2.95. The fraction of sp³-hybridized carbons (Fsp3) is 0.308. The van der Waals surface area contributed by atoms with Gasteiger partial charge in [0.1, 0.15) is 30.5 Å². The van der Waals surface area contributed by atoms with Gasteiger partial charge in [0.25, 0.3) is 0 Å². The van der Waals surface area contributed by atoms with Gasteiger partial charge in [-0.15, -0.1) is 0 Å². The van der Waals surface area contributed by atoms with Gasteiger partial charge in [0.15, 0.2) is 0 Å². The van der Waals surface area contributed by atoms with Crippen LogP contribution >= 0.6 is 0 Å². The zero-order valence-electron chi connectivity index (χ0n) is 17.8. The van der Waals surface area contributed by atoms with Crippen LogP contribution in [0.15, 0.2) is 78.9 Å². The van der Waals surface area contributed by atoms with E-state index < -0.39 is 0 Å². The van der Waals surface area contributed by atoms with Crippen molar-refractivity contribution in [3.63, 3.8) is 0 Å². The Balaban J connectivity index is 1.52. The van der Waals surface area contributed by atoms with Crippen LogP contribution < -0.4 is 19.5 Å². The first kappa shape index (κ1) is 21.6. The van der Waals surface area contributed by atoms with Gasteiger partial charge in [-0.1, -0.05) is 62.4 Å². The molecule has 3 aromatic rings. The Morgan fingerprint density at radius 3 is 2.10 bits per heavy atom. The van der Waals surface area contributed by atoms with E-state index in [1.807, 2.05) is 72.8 Å². The Morgan fingerprint density at radius 1 is 0.667 bits per heavy atom. The van der Waals surface area contributed by atoms with Crippen LogP contribution in [0.1, 0.15) is 25.8 Å². The minimum Gasteiger partial charge on any atom is -0.493 e. The van der Waals surface area contributed by atoms with E-state index in [0.717, 1.165) is 41.5 Å². The predicted octanol–water partition coefficient (Wildman–Crippen LogP) is 6.18. The molecule has 0 saturated heterocycles. The summed E-state index contributed by atoms with van der Waals surface area (Å²) in [5, 5.41) is 3.48. The van der Waals surface area contributed by atoms with Gasteiger partial charge in [0.2, 0.25) is 0 Å². The van der Waals surface area contributed by atoms with Gasteiger partial charge in [-0.3, -0.25) is 0 Å². The molecule has 0 radical (unpaired) electrons. The molecular weight excluding hydrogens is 374 g/mol. The van der Waals surface area contributed by atoms with Crippen LogP contribution in [0.25, 0.3) is 0 Å². The third-order valence-electron chi connectivity index (χ3n) is 4.63. The molecule has 158 valence electrons. The molecule has 1 N–H and O–H groups in total. The van der Waals surface area contributed by atoms with Crippen LogP contribution in [0.3, 0.4) is 0 Å². The van der Waals surface area contributed by atoms with Crippen LogP contribution in [-0.4, -0.2) is 19.8 Å². The number of anilines is 1. The lowest BCUT2D eigenvalue weighted by atomic mass is 10.1. The van der Waals surface area contributed by atoms with Gasteiger partial charge in [-0.25, -0.2) is 0 Å². The van der Waals surface area contributed by atoms with Crippen molar-refractivity contribution in [2.45, 2.75) is 26.8 Å². The molecule has 4 heteroatoms. The standard InChI is InChI=1S/C26H31NO3/c1-21(2)16-17-29-25-14-8-6-10-22(25)20-27-24-13-7-9-15-26(24)30-19-18-28-23-11-4-3-5-12-23/h3-15,21,27H,16-20H2,1-2H3. The van der Waals surface area contributed by atoms with E-state index in [-0.39, 0.29) is 0 Å². The van der Waals surface area contributed by atoms with Crippen LogP contribution in [-0.2, 0) is 6.54 Å². The smallest absolute Gasteiger partial charge is 0.142 e. The van der Waals surface area contributed by atoms with Crippen molar-refractivity contribution in [3.05, 3.63) is 84.4 Å². The van der Waals surface area contributed by atoms with Crippen molar-refractivity contribution in [3.8, 4) is 17.2 Å². The summed E-state index contributed by atoms with van der Waals surface area (Å²) in [6, 6.07) is 25.9. The average Bonchev–Trinajstić information content (AvgIpc) is 2.77. The van der Waals surface area contributed by atoms with Crippen LogP contribution in [0.2, 0.25) is 0 Å². The van der Waals surface area contributed by atoms with Crippen molar-refractivity contribution in [1.82, 2.24) is 0 Å². The Hall–Kier alpha value is -3.14. The number of benzene rings is 3. The molecule has 0 fully saturated rings. The van der Waals surface area contributed by atoms with Gasteiger partial charge in [0.05, 0.1) is 12.3 Å². The Kier molecular flexibility index (Phi) is 8.46. The topological polar surface area (TPSA) is 39.7 Å². The summed E-state index contributed by atoms with van der Waals surface area (Å²) in [5.74, 6) is 3.22. The van der Waals surface area contributed by atoms with Gasteiger partial charge >= 0.3 is 0 Å². The second kappa shape index (κ2) is 11.8. The van der Waals surface area contributed by atoms with Crippen molar-refractivity contribution in [2.75, 3.05) is 25.1 Å². The lowest BCUT2D eigenvalue weighted by Gasteiger charge is -2.16. The number of ether oxygens (including phenoxy) is 3. The van der Waals surface area contributed by atoms with Crippen molar-refractivity contribution in [1.29, 1.82) is 0 Å². The van der Waals surface area contributed by atoms with E-state index in [9.17, 15) is 0 Å². The van der Waals surface area contributed by atoms with Crippen molar-refractivity contribution >= 4 is 5.69 Å². The first-order valence-electron chi connectivity index (χ1n) is 10.6. The van der Waals surface area contributed by atoms with Crippen LogP contribution in [0.5, 0.6) is 17.2 Å². The lowest BCUT2D eigenvalue weighted by molar-refractivity contribution is 0.218. The maximum absolute atomic E-state index is 6.00. The number of para-hydroxylation sites is 4. The van der Waals surface area contributed by atoms with Gasteiger partial charge in [-0.05, 0) is 42.7 Å². The summed E-state index contributed by atoms with van der Waals surface area (Å²) in [6.07, 6.45) is 1.05. The first-order valence-corrected chi connectivity index (χ1v) is 10.6. The van der Waals surface area contributed by atoms with E-state index in [1.54, 1.807) is 0 Å². The molecule has 0 aliphatic carbocycles. The highest BCUT2D eigenvalue weighted by molar-refractivity contribution is 5.56. The molecule has 0 amide bonds. The second-order valence-electron chi connectivity index (χ2n) is 7.50. The molecule has 0 heterocycles. The molecule has 3 aromatic carbocycles. The number of nitrogens with one attached hydrogen (secondary N) is 1. The molecule has 0 unspecified atom stereocenters. The van der Waals surface area contributed by atoms with Gasteiger partial charge < -0.3 is 19.5 Å². The highest BCUT2D eigenvalue weighted by Gasteiger charge is 2.07. The molecule has 0 aromatic heterocycles. The minimum atomic E-state index is 0.475. The quantitative estimate of drug-likeness (QED) is 0.365. The summed E-state index contributed by atoms with van der Waals surface area (Å²) < 4.78 is 17.7. The highest BCUT2D eigenvalue weighted by Crippen LogP contribution is 2.26. The van der Waals surface area contributed by atoms with E-state index in [1.165, 1.54) is 0 Å². The summed E-state index contributed by atoms with van der Waals surface area (Å²) in [4.78, 5) is 0. The molecule has 0 spiro atoms. The van der Waals surface area contributed by atoms with E-state index in [2.05, 4.69) is 25.2 Å². The van der Waals surface area contributed by atoms with Gasteiger partial charge in [0, 0.05) is 12.1 Å². The molecule has 0 aliphatic rings. The Labute approximate surface area is 179 Å². The summed E-state index contributed by atoms with van der Waals surface area (Å²) in [5.41, 5.74) is 2.08. The molecule has 3 rings (SSSR count). The van der Waals surface area contributed by atoms with Crippen LogP contribution in [0.4, 0.5) is 5.69 Å². The van der Waals surface area contributed by atoms with Gasteiger partial charge in [-0.2, -0.15) is 0 Å².